The molecule has 0 aliphatic heterocycles. The normalized spacial score (nSPS) is 12.3. The molecular formula is C11H12N4O2S. The van der Waals surface area contributed by atoms with Gasteiger partial charge in [0.15, 0.2) is 5.16 Å². The Bertz CT molecular complexity index is 562. The fraction of sp³-hybridized carbons (Fsp3) is 0.182. The number of primary amides is 1. The molecule has 0 saturated heterocycles. The number of nitrogens with two attached hydrogens (primary N) is 1. The number of nitrogens with zero attached hydrogens (tertiary/aromatic N) is 1. The highest BCUT2D eigenvalue weighted by Crippen LogP contribution is 2.23. The number of rotatable bonds is 3. The van der Waals surface area contributed by atoms with Crippen LogP contribution in [0.3, 0.4) is 0 Å². The molecule has 0 aliphatic rings. The predicted octanol–water partition coefficient (Wildman–Crippen LogP) is 1.24. The largest absolute Gasteiger partial charge is 0.351 e. The Morgan fingerprint density at radius 1 is 1.44 bits per heavy atom. The number of imidazole rings is 1. The summed E-state index contributed by atoms with van der Waals surface area (Å²) in [6.07, 6.45) is 0. The average Bonchev–Trinajstić information content (AvgIpc) is 2.69. The monoisotopic (exact) mass is 264 g/mol. The predicted molar refractivity (Wildman–Crippen MR) is 69.1 cm³/mol. The first-order chi connectivity index (χ1) is 8.56. The van der Waals surface area contributed by atoms with E-state index in [2.05, 4.69) is 9.97 Å². The van der Waals surface area contributed by atoms with Crippen molar-refractivity contribution in [2.24, 2.45) is 5.73 Å². The number of nitrogens with one attached hydrogen (secondary N) is 2. The molecular weight excluding hydrogens is 252 g/mol. The molecule has 6 nitrogen and oxygen atoms in total. The number of benzene rings is 1. The third-order valence-corrected chi connectivity index (χ3v) is 3.26. The number of fused-ring (bicyclic) bond motifs is 1. The molecule has 1 heterocycles. The molecule has 7 heteroatoms. The van der Waals surface area contributed by atoms with Crippen molar-refractivity contribution in [1.82, 2.24) is 15.3 Å². The van der Waals surface area contributed by atoms with Crippen LogP contribution < -0.4 is 11.1 Å². The minimum absolute atomic E-state index is 0.437. The van der Waals surface area contributed by atoms with Crippen LogP contribution in [0.2, 0.25) is 0 Å². The number of para-hydroxylation sites is 2. The summed E-state index contributed by atoms with van der Waals surface area (Å²) in [5.74, 6) is -0.437. The third-order valence-electron chi connectivity index (χ3n) is 2.27. The van der Waals surface area contributed by atoms with E-state index in [0.717, 1.165) is 11.0 Å². The number of aromatic amines is 1. The Kier molecular flexibility index (Phi) is 3.52. The molecule has 1 atom stereocenters. The van der Waals surface area contributed by atoms with Gasteiger partial charge in [-0.1, -0.05) is 23.9 Å². The second-order valence-corrected chi connectivity index (χ2v) is 5.00. The first kappa shape index (κ1) is 12.4. The van der Waals surface area contributed by atoms with E-state index in [0.29, 0.717) is 5.16 Å². The zero-order valence-corrected chi connectivity index (χ0v) is 10.5. The van der Waals surface area contributed by atoms with Crippen LogP contribution in [-0.2, 0) is 4.79 Å². The fourth-order valence-corrected chi connectivity index (χ4v) is 2.25. The van der Waals surface area contributed by atoms with E-state index in [1.807, 2.05) is 29.6 Å². The first-order valence-corrected chi connectivity index (χ1v) is 6.16. The number of hydrogen-bond acceptors (Lipinski definition) is 4. The smallest absolute Gasteiger partial charge is 0.318 e. The van der Waals surface area contributed by atoms with Gasteiger partial charge in [-0.15, -0.1) is 0 Å². The Balaban J connectivity index is 2.09. The van der Waals surface area contributed by atoms with Crippen molar-refractivity contribution in [2.75, 3.05) is 0 Å². The van der Waals surface area contributed by atoms with Gasteiger partial charge in [-0.25, -0.2) is 9.78 Å². The summed E-state index contributed by atoms with van der Waals surface area (Å²) in [6, 6.07) is 6.72. The van der Waals surface area contributed by atoms with Crippen LogP contribution in [0.15, 0.2) is 29.4 Å². The van der Waals surface area contributed by atoms with Gasteiger partial charge in [-0.3, -0.25) is 10.1 Å². The maximum Gasteiger partial charge on any atom is 0.318 e. The molecule has 0 spiro atoms. The van der Waals surface area contributed by atoms with Gasteiger partial charge in [0.25, 0.3) is 0 Å². The van der Waals surface area contributed by atoms with E-state index >= 15 is 0 Å². The molecule has 0 aliphatic carbocycles. The van der Waals surface area contributed by atoms with Crippen LogP contribution in [0, 0.1) is 0 Å². The van der Waals surface area contributed by atoms with Gasteiger partial charge in [0.05, 0.1) is 16.3 Å². The van der Waals surface area contributed by atoms with Crippen molar-refractivity contribution in [1.29, 1.82) is 0 Å². The quantitative estimate of drug-likeness (QED) is 0.726. The Morgan fingerprint density at radius 2 is 2.17 bits per heavy atom. The lowest BCUT2D eigenvalue weighted by Crippen LogP contribution is -2.39. The molecule has 18 heavy (non-hydrogen) atoms. The summed E-state index contributed by atoms with van der Waals surface area (Å²) in [6.45, 7) is 1.68. The van der Waals surface area contributed by atoms with E-state index in [9.17, 15) is 9.59 Å². The highest BCUT2D eigenvalue weighted by atomic mass is 32.2. The molecule has 0 bridgehead atoms. The fourth-order valence-electron chi connectivity index (χ4n) is 1.43. The Hall–Kier alpha value is -2.02. The van der Waals surface area contributed by atoms with Crippen molar-refractivity contribution in [2.45, 2.75) is 17.3 Å². The van der Waals surface area contributed by atoms with Crippen molar-refractivity contribution in [3.63, 3.8) is 0 Å². The highest BCUT2D eigenvalue weighted by Gasteiger charge is 2.17. The van der Waals surface area contributed by atoms with E-state index in [1.54, 1.807) is 6.92 Å². The number of amides is 3. The van der Waals surface area contributed by atoms with E-state index < -0.39 is 17.2 Å². The average molecular weight is 264 g/mol. The van der Waals surface area contributed by atoms with Crippen LogP contribution in [0.1, 0.15) is 6.92 Å². The van der Waals surface area contributed by atoms with E-state index in [1.165, 1.54) is 11.8 Å². The molecule has 0 radical (unpaired) electrons. The molecule has 0 fully saturated rings. The van der Waals surface area contributed by atoms with Crippen LogP contribution in [0.4, 0.5) is 4.79 Å². The van der Waals surface area contributed by atoms with Gasteiger partial charge in [0.2, 0.25) is 5.91 Å². The van der Waals surface area contributed by atoms with Crippen LogP contribution in [0.5, 0.6) is 0 Å². The summed E-state index contributed by atoms with van der Waals surface area (Å²) >= 11 is 1.23. The van der Waals surface area contributed by atoms with Gasteiger partial charge in [0, 0.05) is 0 Å². The zero-order chi connectivity index (χ0) is 13.1. The van der Waals surface area contributed by atoms with Crippen molar-refractivity contribution >= 4 is 34.7 Å². The lowest BCUT2D eigenvalue weighted by atomic mass is 10.3. The lowest BCUT2D eigenvalue weighted by molar-refractivity contribution is -0.119. The molecule has 4 N–H and O–H groups in total. The topological polar surface area (TPSA) is 101 Å². The SMILES string of the molecule is CC(Sc1nc2ccccc2[nH]1)C(=O)NC(N)=O. The highest BCUT2D eigenvalue weighted by molar-refractivity contribution is 8.00. The van der Waals surface area contributed by atoms with Gasteiger partial charge < -0.3 is 10.7 Å². The first-order valence-electron chi connectivity index (χ1n) is 5.28. The minimum Gasteiger partial charge on any atom is -0.351 e. The third kappa shape index (κ3) is 2.80. The molecule has 0 saturated carbocycles. The second-order valence-electron chi connectivity index (χ2n) is 3.67. The lowest BCUT2D eigenvalue weighted by Gasteiger charge is -2.07. The number of aromatic nitrogens is 2. The summed E-state index contributed by atoms with van der Waals surface area (Å²) in [5, 5.41) is 2.20. The van der Waals surface area contributed by atoms with Crippen molar-refractivity contribution in [3.8, 4) is 0 Å². The van der Waals surface area contributed by atoms with Gasteiger partial charge >= 0.3 is 6.03 Å². The molecule has 2 rings (SSSR count). The standard InChI is InChI=1S/C11H12N4O2S/c1-6(9(16)15-10(12)17)18-11-13-7-4-2-3-5-8(7)14-11/h2-6H,1H3,(H,13,14)(H3,12,15,16,17). The van der Waals surface area contributed by atoms with Gasteiger partial charge in [0.1, 0.15) is 0 Å². The summed E-state index contributed by atoms with van der Waals surface area (Å²) in [7, 11) is 0. The second kappa shape index (κ2) is 5.09. The van der Waals surface area contributed by atoms with Crippen molar-refractivity contribution < 1.29 is 9.59 Å². The molecule has 2 aromatic rings. The minimum atomic E-state index is -0.850. The van der Waals surface area contributed by atoms with Crippen molar-refractivity contribution in [3.05, 3.63) is 24.3 Å². The molecule has 1 aromatic carbocycles. The summed E-state index contributed by atoms with van der Waals surface area (Å²) in [5.41, 5.74) is 6.62. The summed E-state index contributed by atoms with van der Waals surface area (Å²) in [4.78, 5) is 29.5. The number of carbonyl (C=O) groups is 2. The number of hydrogen-bond donors (Lipinski definition) is 3. The van der Waals surface area contributed by atoms with E-state index in [4.69, 9.17) is 5.73 Å². The number of H-pyrrole nitrogens is 1. The van der Waals surface area contributed by atoms with Crippen LogP contribution in [-0.4, -0.2) is 27.2 Å². The number of thioether (sulfide) groups is 1. The van der Waals surface area contributed by atoms with Gasteiger partial charge in [-0.2, -0.15) is 0 Å². The van der Waals surface area contributed by atoms with Gasteiger partial charge in [-0.05, 0) is 19.1 Å². The van der Waals surface area contributed by atoms with Crippen LogP contribution >= 0.6 is 11.8 Å². The molecule has 94 valence electrons. The Morgan fingerprint density at radius 3 is 2.83 bits per heavy atom. The maximum absolute atomic E-state index is 11.5. The molecule has 1 aromatic heterocycles. The summed E-state index contributed by atoms with van der Waals surface area (Å²) < 4.78 is 0. The number of carbonyl (C=O) groups excluding carboxylic acids is 2. The molecule has 1 unspecified atom stereocenters. The Labute approximate surface area is 107 Å². The zero-order valence-electron chi connectivity index (χ0n) is 9.64. The number of urea groups is 1. The van der Waals surface area contributed by atoms with Crippen LogP contribution in [0.25, 0.3) is 11.0 Å². The number of imide groups is 1. The molecule has 3 amide bonds. The van der Waals surface area contributed by atoms with E-state index in [-0.39, 0.29) is 0 Å². The maximum atomic E-state index is 11.5.